The molecular weight excluding hydrogens is 306 g/mol. The first-order chi connectivity index (χ1) is 11.6. The Kier molecular flexibility index (Phi) is 3.13. The number of H-pyrrole nitrogens is 1. The van der Waals surface area contributed by atoms with Crippen LogP contribution in [0.2, 0.25) is 0 Å². The van der Waals surface area contributed by atoms with Gasteiger partial charge in [-0.25, -0.2) is 4.99 Å². The number of nitrogens with one attached hydrogen (secondary N) is 2. The highest BCUT2D eigenvalue weighted by molar-refractivity contribution is 6.00. The fraction of sp³-hybridized carbons (Fsp3) is 0.0588. The van der Waals surface area contributed by atoms with E-state index in [0.29, 0.717) is 11.4 Å². The summed E-state index contributed by atoms with van der Waals surface area (Å²) in [7, 11) is 0. The number of aromatic amines is 1. The molecule has 0 spiro atoms. The first kappa shape index (κ1) is 14.1. The number of benzene rings is 2. The van der Waals surface area contributed by atoms with Gasteiger partial charge in [0.15, 0.2) is 11.4 Å². The van der Waals surface area contributed by atoms with E-state index >= 15 is 0 Å². The largest absolute Gasteiger partial charge is 0.422 e. The molecule has 0 saturated carbocycles. The number of carbonyl (C=O) groups is 1. The standard InChI is InChI=1S/C17H13N5O2/c1-9(23)19-16-12-5-3-10(7-13(12)21-22-16)11-4-6-15-14(8-11)20-17(18-2)24-15/h3-8H,2H2,1H3,(H2,19,21,22,23). The average Bonchev–Trinajstić information content (AvgIpc) is 3.17. The predicted molar refractivity (Wildman–Crippen MR) is 92.6 cm³/mol. The molecule has 1 amide bonds. The molecule has 0 atom stereocenters. The Morgan fingerprint density at radius 2 is 2.04 bits per heavy atom. The third kappa shape index (κ3) is 2.32. The van der Waals surface area contributed by atoms with Crippen molar-refractivity contribution in [2.45, 2.75) is 6.92 Å². The fourth-order valence-corrected chi connectivity index (χ4v) is 2.62. The summed E-state index contributed by atoms with van der Waals surface area (Å²) < 4.78 is 5.42. The van der Waals surface area contributed by atoms with Gasteiger partial charge < -0.3 is 9.73 Å². The molecule has 2 aromatic carbocycles. The van der Waals surface area contributed by atoms with E-state index in [9.17, 15) is 4.79 Å². The molecule has 0 fully saturated rings. The van der Waals surface area contributed by atoms with Crippen molar-refractivity contribution in [1.29, 1.82) is 0 Å². The molecule has 0 aliphatic carbocycles. The van der Waals surface area contributed by atoms with Crippen molar-refractivity contribution < 1.29 is 9.21 Å². The Morgan fingerprint density at radius 3 is 2.83 bits per heavy atom. The van der Waals surface area contributed by atoms with Crippen molar-refractivity contribution in [3.8, 4) is 11.1 Å². The van der Waals surface area contributed by atoms with Crippen molar-refractivity contribution in [1.82, 2.24) is 15.2 Å². The molecule has 7 heteroatoms. The van der Waals surface area contributed by atoms with Crippen molar-refractivity contribution >= 4 is 46.5 Å². The van der Waals surface area contributed by atoms with Crippen LogP contribution in [-0.2, 0) is 4.79 Å². The second-order valence-electron chi connectivity index (χ2n) is 5.35. The Bertz CT molecular complexity index is 1090. The van der Waals surface area contributed by atoms with Crippen LogP contribution in [0.1, 0.15) is 6.92 Å². The van der Waals surface area contributed by atoms with E-state index < -0.39 is 0 Å². The second-order valence-corrected chi connectivity index (χ2v) is 5.35. The lowest BCUT2D eigenvalue weighted by molar-refractivity contribution is -0.114. The molecule has 4 aromatic rings. The number of hydrogen-bond donors (Lipinski definition) is 2. The van der Waals surface area contributed by atoms with Crippen LogP contribution in [0, 0.1) is 0 Å². The molecular formula is C17H13N5O2. The van der Waals surface area contributed by atoms with Gasteiger partial charge in [0.05, 0.1) is 5.52 Å². The molecule has 2 N–H and O–H groups in total. The SMILES string of the molecule is C=Nc1nc2cc(-c3ccc4c(NC(C)=O)n[nH]c4c3)ccc2o1. The molecule has 0 aliphatic rings. The third-order valence-corrected chi connectivity index (χ3v) is 3.70. The number of amides is 1. The summed E-state index contributed by atoms with van der Waals surface area (Å²) in [5, 5.41) is 10.6. The van der Waals surface area contributed by atoms with Crippen molar-refractivity contribution in [3.05, 3.63) is 36.4 Å². The zero-order chi connectivity index (χ0) is 16.7. The van der Waals surface area contributed by atoms with Crippen LogP contribution >= 0.6 is 0 Å². The van der Waals surface area contributed by atoms with E-state index in [4.69, 9.17) is 4.42 Å². The number of nitrogens with zero attached hydrogens (tertiary/aromatic N) is 3. The molecule has 0 bridgehead atoms. The summed E-state index contributed by atoms with van der Waals surface area (Å²) in [6, 6.07) is 11.9. The van der Waals surface area contributed by atoms with Gasteiger partial charge in [-0.1, -0.05) is 12.1 Å². The minimum Gasteiger partial charge on any atom is -0.422 e. The van der Waals surface area contributed by atoms with Gasteiger partial charge in [-0.15, -0.1) is 0 Å². The molecule has 24 heavy (non-hydrogen) atoms. The normalized spacial score (nSPS) is 11.0. The second kappa shape index (κ2) is 5.31. The van der Waals surface area contributed by atoms with Crippen LogP contribution < -0.4 is 5.32 Å². The first-order valence-electron chi connectivity index (χ1n) is 7.27. The van der Waals surface area contributed by atoms with E-state index in [1.54, 1.807) is 0 Å². The van der Waals surface area contributed by atoms with Crippen LogP contribution in [-0.4, -0.2) is 27.8 Å². The highest BCUT2D eigenvalue weighted by Crippen LogP contribution is 2.30. The van der Waals surface area contributed by atoms with Gasteiger partial charge in [0.1, 0.15) is 5.52 Å². The maximum absolute atomic E-state index is 11.2. The minimum atomic E-state index is -0.157. The van der Waals surface area contributed by atoms with Crippen molar-refractivity contribution in [2.75, 3.05) is 5.32 Å². The van der Waals surface area contributed by atoms with Crippen LogP contribution in [0.5, 0.6) is 0 Å². The van der Waals surface area contributed by atoms with Gasteiger partial charge in [-0.05, 0) is 42.1 Å². The number of aliphatic imine (C=N–C) groups is 1. The summed E-state index contributed by atoms with van der Waals surface area (Å²) in [5.41, 5.74) is 4.21. The Balaban J connectivity index is 1.78. The molecule has 4 rings (SSSR count). The van der Waals surface area contributed by atoms with Gasteiger partial charge >= 0.3 is 6.01 Å². The maximum atomic E-state index is 11.2. The van der Waals surface area contributed by atoms with E-state index in [1.807, 2.05) is 36.4 Å². The lowest BCUT2D eigenvalue weighted by atomic mass is 10.0. The monoisotopic (exact) mass is 319 g/mol. The molecule has 7 nitrogen and oxygen atoms in total. The van der Waals surface area contributed by atoms with Crippen LogP contribution in [0.4, 0.5) is 11.8 Å². The highest BCUT2D eigenvalue weighted by atomic mass is 16.4. The van der Waals surface area contributed by atoms with E-state index in [-0.39, 0.29) is 11.9 Å². The van der Waals surface area contributed by atoms with Gasteiger partial charge in [0.2, 0.25) is 5.91 Å². The molecule has 2 heterocycles. The summed E-state index contributed by atoms with van der Waals surface area (Å²) in [6.07, 6.45) is 0. The van der Waals surface area contributed by atoms with Crippen molar-refractivity contribution in [3.63, 3.8) is 0 Å². The van der Waals surface area contributed by atoms with E-state index in [2.05, 4.69) is 32.2 Å². The zero-order valence-electron chi connectivity index (χ0n) is 12.8. The quantitative estimate of drug-likeness (QED) is 0.563. The zero-order valence-corrected chi connectivity index (χ0v) is 12.8. The van der Waals surface area contributed by atoms with E-state index in [1.165, 1.54) is 6.92 Å². The van der Waals surface area contributed by atoms with Crippen LogP contribution in [0.25, 0.3) is 33.1 Å². The average molecular weight is 319 g/mol. The minimum absolute atomic E-state index is 0.157. The van der Waals surface area contributed by atoms with Gasteiger partial charge in [-0.2, -0.15) is 10.1 Å². The predicted octanol–water partition coefficient (Wildman–Crippen LogP) is 3.66. The summed E-state index contributed by atoms with van der Waals surface area (Å²) in [6.45, 7) is 4.87. The third-order valence-electron chi connectivity index (χ3n) is 3.70. The van der Waals surface area contributed by atoms with Crippen molar-refractivity contribution in [2.24, 2.45) is 4.99 Å². The Hall–Kier alpha value is -3.48. The first-order valence-corrected chi connectivity index (χ1v) is 7.27. The molecule has 0 unspecified atom stereocenters. The number of aromatic nitrogens is 3. The lowest BCUT2D eigenvalue weighted by Crippen LogP contribution is -2.06. The molecule has 118 valence electrons. The molecule has 0 saturated heterocycles. The summed E-state index contributed by atoms with van der Waals surface area (Å²) >= 11 is 0. The maximum Gasteiger partial charge on any atom is 0.322 e. The topological polar surface area (TPSA) is 96.2 Å². The number of rotatable bonds is 3. The Morgan fingerprint density at radius 1 is 1.25 bits per heavy atom. The molecule has 0 radical (unpaired) electrons. The number of hydrogen-bond acceptors (Lipinski definition) is 5. The highest BCUT2D eigenvalue weighted by Gasteiger charge is 2.10. The van der Waals surface area contributed by atoms with Crippen LogP contribution in [0.3, 0.4) is 0 Å². The van der Waals surface area contributed by atoms with Crippen LogP contribution in [0.15, 0.2) is 45.8 Å². The lowest BCUT2D eigenvalue weighted by Gasteiger charge is -2.02. The number of carbonyl (C=O) groups excluding carboxylic acids is 1. The number of anilines is 1. The molecule has 0 aliphatic heterocycles. The Labute approximate surface area is 136 Å². The van der Waals surface area contributed by atoms with Gasteiger partial charge in [-0.3, -0.25) is 9.89 Å². The fourth-order valence-electron chi connectivity index (χ4n) is 2.62. The molecule has 2 aromatic heterocycles. The van der Waals surface area contributed by atoms with E-state index in [0.717, 1.165) is 27.5 Å². The number of oxazole rings is 1. The smallest absolute Gasteiger partial charge is 0.322 e. The summed E-state index contributed by atoms with van der Waals surface area (Å²) in [5.74, 6) is 0.369. The van der Waals surface area contributed by atoms with Gasteiger partial charge in [0, 0.05) is 12.3 Å². The van der Waals surface area contributed by atoms with Gasteiger partial charge in [0.25, 0.3) is 0 Å². The summed E-state index contributed by atoms with van der Waals surface area (Å²) in [4.78, 5) is 19.2. The number of fused-ring (bicyclic) bond motifs is 2.